The molecule has 0 bridgehead atoms. The summed E-state index contributed by atoms with van der Waals surface area (Å²) in [6.45, 7) is 2.31. The van der Waals surface area contributed by atoms with Gasteiger partial charge in [-0.2, -0.15) is 5.10 Å². The lowest BCUT2D eigenvalue weighted by Gasteiger charge is -2.16. The summed E-state index contributed by atoms with van der Waals surface area (Å²) >= 11 is 6.56. The second kappa shape index (κ2) is 8.86. The van der Waals surface area contributed by atoms with Crippen LogP contribution in [0.2, 0.25) is 5.02 Å². The number of nitrogens with zero attached hydrogens (tertiary/aromatic N) is 4. The van der Waals surface area contributed by atoms with Crippen LogP contribution < -0.4 is 0 Å². The molecule has 0 spiro atoms. The van der Waals surface area contributed by atoms with Crippen molar-refractivity contribution in [2.45, 2.75) is 19.0 Å². The fourth-order valence-corrected chi connectivity index (χ4v) is 4.39. The highest BCUT2D eigenvalue weighted by Gasteiger charge is 2.31. The van der Waals surface area contributed by atoms with Gasteiger partial charge in [-0.25, -0.2) is 0 Å². The maximum Gasteiger partial charge on any atom is 0.256 e. The molecular formula is C26H21ClN4O. The van der Waals surface area contributed by atoms with Gasteiger partial charge in [-0.05, 0) is 41.5 Å². The fourth-order valence-electron chi connectivity index (χ4n) is 4.06. The Hall–Kier alpha value is -3.62. The monoisotopic (exact) mass is 440 g/mol. The summed E-state index contributed by atoms with van der Waals surface area (Å²) in [7, 11) is 0. The third-order valence-corrected chi connectivity index (χ3v) is 5.95. The molecule has 0 N–H and O–H groups in total. The van der Waals surface area contributed by atoms with Gasteiger partial charge in [-0.1, -0.05) is 53.8 Å². The number of benzene rings is 2. The van der Waals surface area contributed by atoms with E-state index in [1.165, 1.54) is 0 Å². The highest BCUT2D eigenvalue weighted by molar-refractivity contribution is 6.34. The van der Waals surface area contributed by atoms with Crippen molar-refractivity contribution in [2.75, 3.05) is 13.1 Å². The van der Waals surface area contributed by atoms with E-state index in [0.29, 0.717) is 30.2 Å². The average Bonchev–Trinajstić information content (AvgIpc) is 3.40. The van der Waals surface area contributed by atoms with Crippen LogP contribution in [0.3, 0.4) is 0 Å². The van der Waals surface area contributed by atoms with Crippen molar-refractivity contribution in [3.63, 3.8) is 0 Å². The first-order valence-corrected chi connectivity index (χ1v) is 10.9. The van der Waals surface area contributed by atoms with E-state index in [4.69, 9.17) is 11.6 Å². The Labute approximate surface area is 192 Å². The highest BCUT2D eigenvalue weighted by atomic mass is 35.5. The number of carbonyl (C=O) groups is 1. The van der Waals surface area contributed by atoms with E-state index < -0.39 is 0 Å². The minimum Gasteiger partial charge on any atom is -0.323 e. The van der Waals surface area contributed by atoms with Crippen molar-refractivity contribution >= 4 is 23.7 Å². The molecule has 158 valence electrons. The molecule has 32 heavy (non-hydrogen) atoms. The predicted molar refractivity (Wildman–Crippen MR) is 125 cm³/mol. The van der Waals surface area contributed by atoms with E-state index in [9.17, 15) is 4.79 Å². The SMILES string of the molecule is O=C1c2c(Cl)cc(C3C=NN(Cc4ccccn4)C3)cc2CN1CC#Cc1ccccc1. The Morgan fingerprint density at radius 2 is 1.94 bits per heavy atom. The molecule has 1 aromatic heterocycles. The summed E-state index contributed by atoms with van der Waals surface area (Å²) in [6.07, 6.45) is 3.74. The number of rotatable bonds is 4. The molecule has 0 radical (unpaired) electrons. The molecule has 5 nitrogen and oxygen atoms in total. The van der Waals surface area contributed by atoms with E-state index in [2.05, 4.69) is 28.0 Å². The third-order valence-electron chi connectivity index (χ3n) is 5.65. The zero-order valence-electron chi connectivity index (χ0n) is 17.4. The van der Waals surface area contributed by atoms with Gasteiger partial charge < -0.3 is 4.90 Å². The van der Waals surface area contributed by atoms with Gasteiger partial charge in [0.2, 0.25) is 0 Å². The van der Waals surface area contributed by atoms with Gasteiger partial charge in [0.25, 0.3) is 5.91 Å². The number of hydrogen-bond acceptors (Lipinski definition) is 4. The first-order chi connectivity index (χ1) is 15.7. The number of hydrazone groups is 1. The number of halogens is 1. The largest absolute Gasteiger partial charge is 0.323 e. The molecule has 3 aromatic rings. The normalized spacial score (nSPS) is 16.8. The molecule has 3 heterocycles. The molecule has 6 heteroatoms. The Kier molecular flexibility index (Phi) is 5.62. The highest BCUT2D eigenvalue weighted by Crippen LogP contribution is 2.34. The predicted octanol–water partition coefficient (Wildman–Crippen LogP) is 4.33. The molecule has 0 saturated carbocycles. The maximum atomic E-state index is 12.9. The fraction of sp³-hybridized carbons (Fsp3) is 0.192. The summed E-state index contributed by atoms with van der Waals surface area (Å²) < 4.78 is 0. The Morgan fingerprint density at radius 3 is 2.75 bits per heavy atom. The van der Waals surface area contributed by atoms with Crippen molar-refractivity contribution in [2.24, 2.45) is 5.10 Å². The average molecular weight is 441 g/mol. The first-order valence-electron chi connectivity index (χ1n) is 10.5. The Morgan fingerprint density at radius 1 is 1.09 bits per heavy atom. The smallest absolute Gasteiger partial charge is 0.256 e. The Bertz CT molecular complexity index is 1230. The Balaban J connectivity index is 1.28. The van der Waals surface area contributed by atoms with Gasteiger partial charge in [-0.3, -0.25) is 14.8 Å². The van der Waals surface area contributed by atoms with Crippen LogP contribution in [0, 0.1) is 11.8 Å². The van der Waals surface area contributed by atoms with Crippen LogP contribution in [0.4, 0.5) is 0 Å². The lowest BCUT2D eigenvalue weighted by atomic mass is 9.96. The van der Waals surface area contributed by atoms with Gasteiger partial charge in [0.1, 0.15) is 0 Å². The molecule has 2 aliphatic heterocycles. The molecule has 1 unspecified atom stereocenters. The minimum absolute atomic E-state index is 0.0595. The molecule has 0 saturated heterocycles. The summed E-state index contributed by atoms with van der Waals surface area (Å²) in [4.78, 5) is 19.0. The summed E-state index contributed by atoms with van der Waals surface area (Å²) in [5.41, 5.74) is 4.54. The van der Waals surface area contributed by atoms with Gasteiger partial charge in [0.15, 0.2) is 0 Å². The van der Waals surface area contributed by atoms with E-state index in [1.54, 1.807) is 11.1 Å². The van der Waals surface area contributed by atoms with Crippen LogP contribution in [0.5, 0.6) is 0 Å². The second-order valence-corrected chi connectivity index (χ2v) is 8.31. The van der Waals surface area contributed by atoms with Crippen molar-refractivity contribution in [1.29, 1.82) is 0 Å². The molecule has 1 amide bonds. The molecule has 0 aliphatic carbocycles. The van der Waals surface area contributed by atoms with Gasteiger partial charge in [0.05, 0.1) is 29.4 Å². The quantitative estimate of drug-likeness (QED) is 0.567. The maximum absolute atomic E-state index is 12.9. The van der Waals surface area contributed by atoms with Crippen molar-refractivity contribution in [3.05, 3.63) is 99.8 Å². The van der Waals surface area contributed by atoms with Crippen LogP contribution in [0.15, 0.2) is 72.0 Å². The lowest BCUT2D eigenvalue weighted by Crippen LogP contribution is -2.24. The standard InChI is InChI=1S/C26H21ClN4O/c27-24-14-20(22-15-29-31(17-22)18-23-10-4-5-11-28-23)13-21-16-30(26(32)25(21)24)12-6-9-19-7-2-1-3-8-19/h1-5,7-8,10-11,13-15,22H,12,16-18H2. The van der Waals surface area contributed by atoms with Crippen molar-refractivity contribution in [3.8, 4) is 11.8 Å². The van der Waals surface area contributed by atoms with E-state index in [1.807, 2.05) is 65.8 Å². The lowest BCUT2D eigenvalue weighted by molar-refractivity contribution is 0.0799. The number of hydrogen-bond donors (Lipinski definition) is 0. The summed E-state index contributed by atoms with van der Waals surface area (Å²) in [5.74, 6) is 6.28. The minimum atomic E-state index is -0.0595. The number of fused-ring (bicyclic) bond motifs is 1. The number of carbonyl (C=O) groups excluding carboxylic acids is 1. The van der Waals surface area contributed by atoms with E-state index in [-0.39, 0.29) is 11.8 Å². The number of aromatic nitrogens is 1. The topological polar surface area (TPSA) is 48.8 Å². The molecule has 0 fully saturated rings. The summed E-state index contributed by atoms with van der Waals surface area (Å²) in [5, 5.41) is 7.04. The van der Waals surface area contributed by atoms with Crippen LogP contribution in [-0.4, -0.2) is 40.1 Å². The number of amides is 1. The van der Waals surface area contributed by atoms with Gasteiger partial charge in [-0.15, -0.1) is 0 Å². The molecule has 2 aliphatic rings. The summed E-state index contributed by atoms with van der Waals surface area (Å²) in [6, 6.07) is 19.6. The molecule has 5 rings (SSSR count). The van der Waals surface area contributed by atoms with Crippen LogP contribution >= 0.6 is 11.6 Å². The zero-order chi connectivity index (χ0) is 21.9. The van der Waals surface area contributed by atoms with E-state index in [0.717, 1.165) is 28.9 Å². The van der Waals surface area contributed by atoms with Gasteiger partial charge in [0, 0.05) is 37.0 Å². The van der Waals surface area contributed by atoms with Crippen molar-refractivity contribution < 1.29 is 4.79 Å². The third kappa shape index (κ3) is 4.23. The first kappa shape index (κ1) is 20.3. The van der Waals surface area contributed by atoms with E-state index >= 15 is 0 Å². The van der Waals surface area contributed by atoms with Gasteiger partial charge >= 0.3 is 0 Å². The zero-order valence-corrected chi connectivity index (χ0v) is 18.2. The number of pyridine rings is 1. The molecule has 1 atom stereocenters. The van der Waals surface area contributed by atoms with Crippen LogP contribution in [0.1, 0.15) is 38.7 Å². The molecule has 2 aromatic carbocycles. The van der Waals surface area contributed by atoms with Crippen LogP contribution in [-0.2, 0) is 13.1 Å². The van der Waals surface area contributed by atoms with Crippen LogP contribution in [0.25, 0.3) is 0 Å². The van der Waals surface area contributed by atoms with Crippen molar-refractivity contribution in [1.82, 2.24) is 14.9 Å². The second-order valence-electron chi connectivity index (χ2n) is 7.91. The molecular weight excluding hydrogens is 420 g/mol.